The van der Waals surface area contributed by atoms with Gasteiger partial charge in [-0.05, 0) is 6.07 Å². The van der Waals surface area contributed by atoms with Gasteiger partial charge in [-0.15, -0.1) is 0 Å². The van der Waals surface area contributed by atoms with Gasteiger partial charge in [-0.3, -0.25) is 0 Å². The van der Waals surface area contributed by atoms with Crippen LogP contribution in [0.15, 0.2) is 12.1 Å². The lowest BCUT2D eigenvalue weighted by Crippen LogP contribution is -2.10. The van der Waals surface area contributed by atoms with Crippen molar-refractivity contribution in [3.63, 3.8) is 0 Å². The quantitative estimate of drug-likeness (QED) is 0.563. The van der Waals surface area contributed by atoms with E-state index in [4.69, 9.17) is 21.5 Å². The molecule has 0 amide bonds. The monoisotopic (exact) mass is 175 g/mol. The molecule has 1 atom stereocenters. The number of nitrogen functional groups attached to an aromatic ring is 1. The minimum Gasteiger partial charge on any atom is -0.491 e. The average Bonchev–Trinajstić information content (AvgIpc) is 2.46. The highest BCUT2D eigenvalue weighted by Gasteiger charge is 2.21. The van der Waals surface area contributed by atoms with Gasteiger partial charge in [-0.1, -0.05) is 0 Å². The van der Waals surface area contributed by atoms with Gasteiger partial charge in [0.2, 0.25) is 0 Å². The second-order valence-corrected chi connectivity index (χ2v) is 3.01. The van der Waals surface area contributed by atoms with Crippen molar-refractivity contribution in [1.82, 2.24) is 0 Å². The highest BCUT2D eigenvalue weighted by molar-refractivity contribution is 5.61. The fourth-order valence-corrected chi connectivity index (χ4v) is 1.39. The molecule has 66 valence electrons. The van der Waals surface area contributed by atoms with Crippen LogP contribution >= 0.6 is 0 Å². The van der Waals surface area contributed by atoms with Crippen LogP contribution in [0.1, 0.15) is 17.2 Å². The Bertz CT molecular complexity index is 395. The number of nitrogens with zero attached hydrogens (tertiary/aromatic N) is 1. The number of nitriles is 1. The first kappa shape index (κ1) is 7.90. The number of anilines is 1. The van der Waals surface area contributed by atoms with Crippen molar-refractivity contribution >= 4 is 5.69 Å². The molecular weight excluding hydrogens is 166 g/mol. The molecule has 1 aromatic carbocycles. The Kier molecular flexibility index (Phi) is 1.61. The van der Waals surface area contributed by atoms with Gasteiger partial charge in [0.25, 0.3) is 0 Å². The summed E-state index contributed by atoms with van der Waals surface area (Å²) in [7, 11) is 0. The molecule has 0 fully saturated rings. The normalized spacial score (nSPS) is 18.9. The molecule has 4 heteroatoms. The first-order valence-electron chi connectivity index (χ1n) is 3.94. The molecule has 0 bridgehead atoms. The highest BCUT2D eigenvalue weighted by atomic mass is 16.5. The molecule has 1 aliphatic heterocycles. The van der Waals surface area contributed by atoms with Crippen molar-refractivity contribution in [2.75, 3.05) is 12.3 Å². The summed E-state index contributed by atoms with van der Waals surface area (Å²) < 4.78 is 5.28. The van der Waals surface area contributed by atoms with Crippen LogP contribution in [-0.2, 0) is 0 Å². The Hall–Kier alpha value is -1.73. The maximum Gasteiger partial charge on any atom is 0.126 e. The van der Waals surface area contributed by atoms with E-state index >= 15 is 0 Å². The van der Waals surface area contributed by atoms with Crippen LogP contribution in [-0.4, -0.2) is 6.61 Å². The molecule has 0 aromatic heterocycles. The average molecular weight is 175 g/mol. The Balaban J connectivity index is 2.59. The van der Waals surface area contributed by atoms with Gasteiger partial charge in [0.05, 0.1) is 17.3 Å². The van der Waals surface area contributed by atoms with Gasteiger partial charge in [-0.25, -0.2) is 0 Å². The third-order valence-corrected chi connectivity index (χ3v) is 2.12. The number of benzene rings is 1. The van der Waals surface area contributed by atoms with Gasteiger partial charge in [0.1, 0.15) is 18.4 Å². The number of hydrogen-bond acceptors (Lipinski definition) is 4. The minimum atomic E-state index is -0.136. The van der Waals surface area contributed by atoms with Gasteiger partial charge in [-0.2, -0.15) is 5.26 Å². The van der Waals surface area contributed by atoms with Crippen LogP contribution in [0.25, 0.3) is 0 Å². The molecule has 4 N–H and O–H groups in total. The second-order valence-electron chi connectivity index (χ2n) is 3.01. The standard InChI is InChI=1S/C9H9N3O/c10-3-5-1-6-8(12)4-13-9(6)2-7(5)11/h1-2,8H,4,11-12H2. The fraction of sp³-hybridized carbons (Fsp3) is 0.222. The fourth-order valence-electron chi connectivity index (χ4n) is 1.39. The molecule has 1 unspecified atom stereocenters. The topological polar surface area (TPSA) is 85.1 Å². The molecule has 1 aromatic rings. The van der Waals surface area contributed by atoms with Crippen LogP contribution in [0.5, 0.6) is 5.75 Å². The summed E-state index contributed by atoms with van der Waals surface area (Å²) in [5.74, 6) is 0.698. The molecule has 13 heavy (non-hydrogen) atoms. The van der Waals surface area contributed by atoms with E-state index < -0.39 is 0 Å². The van der Waals surface area contributed by atoms with E-state index in [9.17, 15) is 0 Å². The molecule has 0 aliphatic carbocycles. The third kappa shape index (κ3) is 1.10. The lowest BCUT2D eigenvalue weighted by atomic mass is 10.0. The smallest absolute Gasteiger partial charge is 0.126 e. The van der Waals surface area contributed by atoms with Gasteiger partial charge < -0.3 is 16.2 Å². The molecule has 2 rings (SSSR count). The number of nitrogens with two attached hydrogens (primary N) is 2. The number of hydrogen-bond donors (Lipinski definition) is 2. The maximum atomic E-state index is 8.72. The predicted octanol–water partition coefficient (Wildman–Crippen LogP) is 0.533. The van der Waals surface area contributed by atoms with E-state index in [1.807, 2.05) is 6.07 Å². The Morgan fingerprint density at radius 1 is 1.54 bits per heavy atom. The van der Waals surface area contributed by atoms with Gasteiger partial charge in [0, 0.05) is 11.6 Å². The van der Waals surface area contributed by atoms with E-state index in [-0.39, 0.29) is 6.04 Å². The van der Waals surface area contributed by atoms with Crippen molar-refractivity contribution in [2.45, 2.75) is 6.04 Å². The Morgan fingerprint density at radius 3 is 3.00 bits per heavy atom. The van der Waals surface area contributed by atoms with Crippen LogP contribution in [0.4, 0.5) is 5.69 Å². The predicted molar refractivity (Wildman–Crippen MR) is 48.0 cm³/mol. The molecule has 4 nitrogen and oxygen atoms in total. The summed E-state index contributed by atoms with van der Waals surface area (Å²) in [5, 5.41) is 8.72. The van der Waals surface area contributed by atoms with Crippen molar-refractivity contribution in [3.05, 3.63) is 23.3 Å². The van der Waals surface area contributed by atoms with Gasteiger partial charge in [0.15, 0.2) is 0 Å². The molecule has 0 radical (unpaired) electrons. The first-order chi connectivity index (χ1) is 6.22. The lowest BCUT2D eigenvalue weighted by molar-refractivity contribution is 0.333. The number of fused-ring (bicyclic) bond motifs is 1. The molecule has 1 aliphatic rings. The van der Waals surface area contributed by atoms with E-state index in [1.165, 1.54) is 0 Å². The van der Waals surface area contributed by atoms with Crippen molar-refractivity contribution in [1.29, 1.82) is 5.26 Å². The van der Waals surface area contributed by atoms with Crippen LogP contribution in [0.3, 0.4) is 0 Å². The SMILES string of the molecule is N#Cc1cc2c(cc1N)OCC2N. The minimum absolute atomic E-state index is 0.136. The highest BCUT2D eigenvalue weighted by Crippen LogP contribution is 2.34. The summed E-state index contributed by atoms with van der Waals surface area (Å²) in [5.41, 5.74) is 13.1. The van der Waals surface area contributed by atoms with Crippen molar-refractivity contribution < 1.29 is 4.74 Å². The Morgan fingerprint density at radius 2 is 2.31 bits per heavy atom. The van der Waals surface area contributed by atoms with E-state index in [0.717, 1.165) is 5.56 Å². The molecule has 0 spiro atoms. The third-order valence-electron chi connectivity index (χ3n) is 2.12. The van der Waals surface area contributed by atoms with Crippen molar-refractivity contribution in [2.24, 2.45) is 5.73 Å². The number of ether oxygens (including phenoxy) is 1. The van der Waals surface area contributed by atoms with E-state index in [0.29, 0.717) is 23.6 Å². The van der Waals surface area contributed by atoms with Crippen molar-refractivity contribution in [3.8, 4) is 11.8 Å². The summed E-state index contributed by atoms with van der Waals surface area (Å²) in [6, 6.07) is 5.22. The zero-order chi connectivity index (χ0) is 9.42. The summed E-state index contributed by atoms with van der Waals surface area (Å²) in [6.07, 6.45) is 0. The zero-order valence-corrected chi connectivity index (χ0v) is 6.95. The molecule has 0 saturated carbocycles. The van der Waals surface area contributed by atoms with Gasteiger partial charge >= 0.3 is 0 Å². The van der Waals surface area contributed by atoms with E-state index in [1.54, 1.807) is 12.1 Å². The molecule has 1 heterocycles. The summed E-state index contributed by atoms with van der Waals surface area (Å²) >= 11 is 0. The summed E-state index contributed by atoms with van der Waals surface area (Å²) in [4.78, 5) is 0. The first-order valence-corrected chi connectivity index (χ1v) is 3.94. The van der Waals surface area contributed by atoms with Crippen LogP contribution < -0.4 is 16.2 Å². The Labute approximate surface area is 75.7 Å². The van der Waals surface area contributed by atoms with Crippen LogP contribution in [0.2, 0.25) is 0 Å². The molecule has 0 saturated heterocycles. The lowest BCUT2D eigenvalue weighted by Gasteiger charge is -2.03. The second kappa shape index (κ2) is 2.64. The maximum absolute atomic E-state index is 8.72. The molecular formula is C9H9N3O. The summed E-state index contributed by atoms with van der Waals surface area (Å²) in [6.45, 7) is 0.462. The largest absolute Gasteiger partial charge is 0.491 e. The zero-order valence-electron chi connectivity index (χ0n) is 6.95. The number of rotatable bonds is 0. The van der Waals surface area contributed by atoms with E-state index in [2.05, 4.69) is 0 Å². The van der Waals surface area contributed by atoms with Crippen LogP contribution in [0, 0.1) is 11.3 Å².